The van der Waals surface area contributed by atoms with Crippen LogP contribution in [0.2, 0.25) is 0 Å². The van der Waals surface area contributed by atoms with Gasteiger partial charge in [-0.15, -0.1) is 11.3 Å². The first-order valence-electron chi connectivity index (χ1n) is 5.67. The van der Waals surface area contributed by atoms with Gasteiger partial charge in [-0.2, -0.15) is 0 Å². The van der Waals surface area contributed by atoms with Crippen LogP contribution >= 0.6 is 11.3 Å². The Labute approximate surface area is 104 Å². The highest BCUT2D eigenvalue weighted by Gasteiger charge is 2.23. The van der Waals surface area contributed by atoms with Gasteiger partial charge in [0.05, 0.1) is 6.10 Å². The van der Waals surface area contributed by atoms with Crippen LogP contribution in [0.1, 0.15) is 29.5 Å². The summed E-state index contributed by atoms with van der Waals surface area (Å²) in [6, 6.07) is 7.60. The molecule has 88 valence electrons. The molecule has 3 nitrogen and oxygen atoms in total. The van der Waals surface area contributed by atoms with E-state index in [1.54, 1.807) is 6.20 Å². The molecule has 0 aliphatic heterocycles. The van der Waals surface area contributed by atoms with Gasteiger partial charge in [0.1, 0.15) is 16.9 Å². The monoisotopic (exact) mass is 247 g/mol. The lowest BCUT2D eigenvalue weighted by atomic mass is 10.1. The molecule has 1 saturated carbocycles. The van der Waals surface area contributed by atoms with Crippen LogP contribution < -0.4 is 4.74 Å². The molecule has 0 radical (unpaired) electrons. The summed E-state index contributed by atoms with van der Waals surface area (Å²) in [5.74, 6) is 0.877. The third-order valence-electron chi connectivity index (χ3n) is 2.71. The van der Waals surface area contributed by atoms with Crippen molar-refractivity contribution in [3.05, 3.63) is 46.4 Å². The van der Waals surface area contributed by atoms with Gasteiger partial charge >= 0.3 is 0 Å². The number of nitrogens with zero attached hydrogens (tertiary/aromatic N) is 1. The standard InChI is InChI=1S/C13H13NO2S/c15-12(13-14-7-8-17-13)9-1-3-10(4-2-9)16-11-5-6-11/h1-4,7-8,11-12,15H,5-6H2. The molecule has 1 aliphatic carbocycles. The lowest BCUT2D eigenvalue weighted by Gasteiger charge is -2.09. The molecule has 0 spiro atoms. The summed E-state index contributed by atoms with van der Waals surface area (Å²) < 4.78 is 5.66. The summed E-state index contributed by atoms with van der Waals surface area (Å²) in [5.41, 5.74) is 0.850. The van der Waals surface area contributed by atoms with E-state index in [1.165, 1.54) is 11.3 Å². The van der Waals surface area contributed by atoms with Crippen LogP contribution in [0.25, 0.3) is 0 Å². The highest BCUT2D eigenvalue weighted by molar-refractivity contribution is 7.09. The fourth-order valence-electron chi connectivity index (χ4n) is 1.62. The minimum absolute atomic E-state index is 0.407. The number of benzene rings is 1. The Morgan fingerprint density at radius 1 is 1.29 bits per heavy atom. The van der Waals surface area contributed by atoms with Gasteiger partial charge in [-0.3, -0.25) is 0 Å². The Bertz CT molecular complexity index is 477. The van der Waals surface area contributed by atoms with Crippen molar-refractivity contribution in [1.29, 1.82) is 0 Å². The third-order valence-corrected chi connectivity index (χ3v) is 3.54. The fraction of sp³-hybridized carbons (Fsp3) is 0.308. The lowest BCUT2D eigenvalue weighted by Crippen LogP contribution is -2.00. The summed E-state index contributed by atoms with van der Waals surface area (Å²) in [7, 11) is 0. The molecule has 3 rings (SSSR count). The maximum Gasteiger partial charge on any atom is 0.131 e. The van der Waals surface area contributed by atoms with E-state index in [9.17, 15) is 5.11 Å². The van der Waals surface area contributed by atoms with Crippen molar-refractivity contribution in [2.24, 2.45) is 0 Å². The molecule has 1 aromatic carbocycles. The molecule has 0 saturated heterocycles. The number of rotatable bonds is 4. The van der Waals surface area contributed by atoms with E-state index in [0.717, 1.165) is 29.2 Å². The predicted molar refractivity (Wildman–Crippen MR) is 66.3 cm³/mol. The smallest absolute Gasteiger partial charge is 0.131 e. The summed E-state index contributed by atoms with van der Waals surface area (Å²) in [5, 5.41) is 12.7. The second-order valence-electron chi connectivity index (χ2n) is 4.16. The average molecular weight is 247 g/mol. The second kappa shape index (κ2) is 4.47. The number of aliphatic hydroxyl groups excluding tert-OH is 1. The molecule has 2 aromatic rings. The fourth-order valence-corrected chi connectivity index (χ4v) is 2.27. The Balaban J connectivity index is 1.74. The first-order valence-corrected chi connectivity index (χ1v) is 6.55. The zero-order valence-electron chi connectivity index (χ0n) is 9.24. The number of aliphatic hydroxyl groups is 1. The predicted octanol–water partition coefficient (Wildman–Crippen LogP) is 2.77. The molecule has 1 heterocycles. The van der Waals surface area contributed by atoms with Crippen molar-refractivity contribution in [2.45, 2.75) is 25.0 Å². The summed E-state index contributed by atoms with van der Waals surface area (Å²) in [6.07, 6.45) is 3.79. The van der Waals surface area contributed by atoms with E-state index >= 15 is 0 Å². The van der Waals surface area contributed by atoms with Gasteiger partial charge in [-0.25, -0.2) is 4.98 Å². The van der Waals surface area contributed by atoms with Crippen LogP contribution in [0.3, 0.4) is 0 Å². The van der Waals surface area contributed by atoms with E-state index in [2.05, 4.69) is 4.98 Å². The van der Waals surface area contributed by atoms with Crippen molar-refractivity contribution in [3.63, 3.8) is 0 Å². The van der Waals surface area contributed by atoms with Crippen LogP contribution in [0.5, 0.6) is 5.75 Å². The Morgan fingerprint density at radius 2 is 2.06 bits per heavy atom. The average Bonchev–Trinajstić information content (AvgIpc) is 3.00. The maximum absolute atomic E-state index is 10.1. The van der Waals surface area contributed by atoms with Crippen LogP contribution in [0.15, 0.2) is 35.8 Å². The molecule has 17 heavy (non-hydrogen) atoms. The van der Waals surface area contributed by atoms with Crippen molar-refractivity contribution in [1.82, 2.24) is 4.98 Å². The molecular weight excluding hydrogens is 234 g/mol. The van der Waals surface area contributed by atoms with Crippen molar-refractivity contribution >= 4 is 11.3 Å². The zero-order valence-corrected chi connectivity index (χ0v) is 10.1. The van der Waals surface area contributed by atoms with Crippen molar-refractivity contribution in [2.75, 3.05) is 0 Å². The molecule has 0 amide bonds. The highest BCUT2D eigenvalue weighted by Crippen LogP contribution is 2.29. The zero-order chi connectivity index (χ0) is 11.7. The maximum atomic E-state index is 10.1. The number of ether oxygens (including phenoxy) is 1. The Kier molecular flexibility index (Phi) is 2.82. The molecule has 0 bridgehead atoms. The van der Waals surface area contributed by atoms with Crippen LogP contribution in [0.4, 0.5) is 0 Å². The van der Waals surface area contributed by atoms with Crippen LogP contribution in [-0.4, -0.2) is 16.2 Å². The third kappa shape index (κ3) is 2.48. The van der Waals surface area contributed by atoms with E-state index in [0.29, 0.717) is 6.10 Å². The van der Waals surface area contributed by atoms with Gasteiger partial charge in [0, 0.05) is 11.6 Å². The Morgan fingerprint density at radius 3 is 2.65 bits per heavy atom. The normalized spacial score (nSPS) is 16.8. The van der Waals surface area contributed by atoms with E-state index in [4.69, 9.17) is 4.74 Å². The Hall–Kier alpha value is -1.39. The van der Waals surface area contributed by atoms with Gasteiger partial charge < -0.3 is 9.84 Å². The second-order valence-corrected chi connectivity index (χ2v) is 5.09. The topological polar surface area (TPSA) is 42.4 Å². The number of thiazole rings is 1. The SMILES string of the molecule is OC(c1ccc(OC2CC2)cc1)c1nccs1. The first-order chi connectivity index (χ1) is 8.33. The molecular formula is C13H13NO2S. The minimum atomic E-state index is -0.634. The van der Waals surface area contributed by atoms with E-state index in [-0.39, 0.29) is 0 Å². The molecule has 1 fully saturated rings. The van der Waals surface area contributed by atoms with Gasteiger partial charge in [0.2, 0.25) is 0 Å². The van der Waals surface area contributed by atoms with Gasteiger partial charge in [-0.05, 0) is 30.5 Å². The number of hydrogen-bond donors (Lipinski definition) is 1. The molecule has 1 N–H and O–H groups in total. The number of hydrogen-bond acceptors (Lipinski definition) is 4. The largest absolute Gasteiger partial charge is 0.490 e. The molecule has 4 heteroatoms. The van der Waals surface area contributed by atoms with E-state index in [1.807, 2.05) is 29.6 Å². The van der Waals surface area contributed by atoms with Crippen molar-refractivity contribution < 1.29 is 9.84 Å². The molecule has 1 unspecified atom stereocenters. The van der Waals surface area contributed by atoms with Crippen molar-refractivity contribution in [3.8, 4) is 5.75 Å². The summed E-state index contributed by atoms with van der Waals surface area (Å²) >= 11 is 1.46. The van der Waals surface area contributed by atoms with E-state index < -0.39 is 6.10 Å². The lowest BCUT2D eigenvalue weighted by molar-refractivity contribution is 0.219. The quantitative estimate of drug-likeness (QED) is 0.903. The van der Waals surface area contributed by atoms with Gasteiger partial charge in [0.25, 0.3) is 0 Å². The van der Waals surface area contributed by atoms with Crippen LogP contribution in [0, 0.1) is 0 Å². The first kappa shape index (κ1) is 10.7. The summed E-state index contributed by atoms with van der Waals surface area (Å²) in [6.45, 7) is 0. The minimum Gasteiger partial charge on any atom is -0.490 e. The number of aromatic nitrogens is 1. The molecule has 1 aromatic heterocycles. The molecule has 1 atom stereocenters. The van der Waals surface area contributed by atoms with Gasteiger partial charge in [-0.1, -0.05) is 12.1 Å². The summed E-state index contributed by atoms with van der Waals surface area (Å²) in [4.78, 5) is 4.11. The van der Waals surface area contributed by atoms with Crippen LogP contribution in [-0.2, 0) is 0 Å². The molecule has 1 aliphatic rings. The van der Waals surface area contributed by atoms with Gasteiger partial charge in [0.15, 0.2) is 0 Å². The highest BCUT2D eigenvalue weighted by atomic mass is 32.1.